The second-order valence-electron chi connectivity index (χ2n) is 13.4. The van der Waals surface area contributed by atoms with Crippen molar-refractivity contribution in [1.82, 2.24) is 19.1 Å². The third-order valence-corrected chi connectivity index (χ3v) is 12.3. The van der Waals surface area contributed by atoms with Gasteiger partial charge in [0.25, 0.3) is 0 Å². The molecule has 0 unspecified atom stereocenters. The van der Waals surface area contributed by atoms with E-state index in [2.05, 4.69) is 191 Å². The average Bonchev–Trinajstić information content (AvgIpc) is 4.02. The van der Waals surface area contributed by atoms with Gasteiger partial charge in [0.15, 0.2) is 0 Å². The lowest BCUT2D eigenvalue weighted by atomic mass is 10.1. The fraction of sp³-hybridized carbons (Fsp3) is 0. The van der Waals surface area contributed by atoms with E-state index in [1.807, 2.05) is 0 Å². The van der Waals surface area contributed by atoms with Crippen LogP contribution in [0.15, 0.2) is 182 Å². The molecule has 0 aliphatic heterocycles. The van der Waals surface area contributed by atoms with Crippen molar-refractivity contribution in [3.63, 3.8) is 0 Å². The smallest absolute Gasteiger partial charge is 0.127 e. The van der Waals surface area contributed by atoms with E-state index in [1.54, 1.807) is 22.7 Å². The number of aromatic nitrogens is 4. The molecule has 254 valence electrons. The Morgan fingerprint density at radius 2 is 0.722 bits per heavy atom. The number of para-hydroxylation sites is 4. The van der Waals surface area contributed by atoms with Crippen LogP contribution in [0.3, 0.4) is 0 Å². The number of hydrogen-bond donors (Lipinski definition) is 0. The summed E-state index contributed by atoms with van der Waals surface area (Å²) < 4.78 is 7.19. The topological polar surface area (TPSA) is 35.6 Å². The van der Waals surface area contributed by atoms with Gasteiger partial charge < -0.3 is 9.13 Å². The molecule has 4 aromatic heterocycles. The molecular weight excluding hydrogens is 697 g/mol. The summed E-state index contributed by atoms with van der Waals surface area (Å²) in [6.45, 7) is 0. The van der Waals surface area contributed by atoms with Gasteiger partial charge in [-0.05, 0) is 71.8 Å². The highest BCUT2D eigenvalue weighted by molar-refractivity contribution is 7.22. The van der Waals surface area contributed by atoms with Crippen molar-refractivity contribution in [1.29, 1.82) is 0 Å². The zero-order chi connectivity index (χ0) is 35.6. The third kappa shape index (κ3) is 4.88. The van der Waals surface area contributed by atoms with E-state index in [9.17, 15) is 0 Å². The Morgan fingerprint density at radius 1 is 0.352 bits per heavy atom. The van der Waals surface area contributed by atoms with Crippen LogP contribution in [-0.2, 0) is 0 Å². The molecule has 0 saturated heterocycles. The maximum absolute atomic E-state index is 5.19. The number of fused-ring (bicyclic) bond motifs is 4. The van der Waals surface area contributed by atoms with E-state index in [-0.39, 0.29) is 0 Å². The van der Waals surface area contributed by atoms with Gasteiger partial charge in [0, 0.05) is 33.3 Å². The quantitative estimate of drug-likeness (QED) is 0.171. The molecular formula is C48H30N4S2. The fourth-order valence-corrected chi connectivity index (χ4v) is 9.95. The first kappa shape index (κ1) is 31.0. The van der Waals surface area contributed by atoms with Crippen LogP contribution < -0.4 is 0 Å². The fourth-order valence-electron chi connectivity index (χ4n) is 7.90. The minimum absolute atomic E-state index is 1.02. The molecule has 54 heavy (non-hydrogen) atoms. The lowest BCUT2D eigenvalue weighted by Crippen LogP contribution is -2.00. The number of nitrogens with zero attached hydrogens (tertiary/aromatic N) is 4. The van der Waals surface area contributed by atoms with Crippen molar-refractivity contribution >= 4 is 64.9 Å². The van der Waals surface area contributed by atoms with Crippen LogP contribution in [-0.4, -0.2) is 19.1 Å². The summed E-state index contributed by atoms with van der Waals surface area (Å²) in [5.74, 6) is 0. The van der Waals surface area contributed by atoms with E-state index in [1.165, 1.54) is 20.2 Å². The summed E-state index contributed by atoms with van der Waals surface area (Å²) in [4.78, 5) is 10.4. The summed E-state index contributed by atoms with van der Waals surface area (Å²) in [6, 6.07) is 64.8. The molecule has 7 aromatic carbocycles. The predicted molar refractivity (Wildman–Crippen MR) is 228 cm³/mol. The number of benzene rings is 7. The van der Waals surface area contributed by atoms with Gasteiger partial charge in [-0.25, -0.2) is 9.97 Å². The highest BCUT2D eigenvalue weighted by atomic mass is 32.1. The van der Waals surface area contributed by atoms with Crippen molar-refractivity contribution < 1.29 is 0 Å². The molecule has 0 bridgehead atoms. The average molecular weight is 727 g/mol. The van der Waals surface area contributed by atoms with Crippen LogP contribution in [0.2, 0.25) is 0 Å². The van der Waals surface area contributed by atoms with E-state index < -0.39 is 0 Å². The van der Waals surface area contributed by atoms with Gasteiger partial charge in [-0.3, -0.25) is 0 Å². The summed E-state index contributed by atoms with van der Waals surface area (Å²) in [7, 11) is 0. The molecule has 4 heterocycles. The zero-order valence-corrected chi connectivity index (χ0v) is 30.6. The van der Waals surface area contributed by atoms with Crippen LogP contribution in [0.25, 0.3) is 97.3 Å². The lowest BCUT2D eigenvalue weighted by Gasteiger charge is -2.16. The molecule has 0 spiro atoms. The monoisotopic (exact) mass is 726 g/mol. The van der Waals surface area contributed by atoms with Crippen molar-refractivity contribution in [3.8, 4) is 55.0 Å². The lowest BCUT2D eigenvalue weighted by molar-refractivity contribution is 1.10. The molecule has 0 amide bonds. The molecule has 0 fully saturated rings. The third-order valence-electron chi connectivity index (χ3n) is 10.2. The molecule has 0 radical (unpaired) electrons. The van der Waals surface area contributed by atoms with Gasteiger partial charge in [0.2, 0.25) is 0 Å². The maximum Gasteiger partial charge on any atom is 0.127 e. The second-order valence-corrected chi connectivity index (χ2v) is 15.4. The molecule has 4 nitrogen and oxygen atoms in total. The molecule has 11 aromatic rings. The largest absolute Gasteiger partial charge is 0.309 e. The van der Waals surface area contributed by atoms with E-state index in [4.69, 9.17) is 9.97 Å². The van der Waals surface area contributed by atoms with Gasteiger partial charge in [0.05, 0.1) is 42.9 Å². The van der Waals surface area contributed by atoms with Crippen LogP contribution in [0.4, 0.5) is 0 Å². The molecule has 0 aliphatic rings. The number of thiazole rings is 2. The molecule has 0 N–H and O–H groups in total. The summed E-state index contributed by atoms with van der Waals surface area (Å²) >= 11 is 3.50. The molecule has 0 saturated carbocycles. The van der Waals surface area contributed by atoms with Gasteiger partial charge in [0.1, 0.15) is 10.0 Å². The zero-order valence-electron chi connectivity index (χ0n) is 28.9. The van der Waals surface area contributed by atoms with Crippen LogP contribution in [0, 0.1) is 0 Å². The molecule has 11 rings (SSSR count). The summed E-state index contributed by atoms with van der Waals surface area (Å²) in [5.41, 5.74) is 13.4. The normalized spacial score (nSPS) is 11.7. The van der Waals surface area contributed by atoms with Crippen LogP contribution >= 0.6 is 22.7 Å². The van der Waals surface area contributed by atoms with Gasteiger partial charge in [-0.15, -0.1) is 22.7 Å². The Kier molecular flexibility index (Phi) is 7.18. The first-order valence-corrected chi connectivity index (χ1v) is 19.6. The highest BCUT2D eigenvalue weighted by Gasteiger charge is 2.26. The van der Waals surface area contributed by atoms with Crippen molar-refractivity contribution in [3.05, 3.63) is 182 Å². The van der Waals surface area contributed by atoms with Crippen molar-refractivity contribution in [2.75, 3.05) is 0 Å². The van der Waals surface area contributed by atoms with Crippen molar-refractivity contribution in [2.45, 2.75) is 0 Å². The minimum atomic E-state index is 1.02. The maximum atomic E-state index is 5.19. The molecule has 6 heteroatoms. The number of rotatable bonds is 6. The van der Waals surface area contributed by atoms with E-state index in [0.717, 1.165) is 77.1 Å². The standard InChI is InChI=1S/C48H30N4S2/c1-3-15-31(16-4-1)45-43(47-49-37-21-9-13-25-41(37)53-47)35-19-7-11-23-39(35)51(45)33-27-29-34(30-28-33)52-40-24-12-8-20-36(40)44(46(52)32-17-5-2-6-18-32)48-50-38-22-10-14-26-42(38)54-48/h1-30H. The first-order valence-electron chi connectivity index (χ1n) is 18.0. The highest BCUT2D eigenvalue weighted by Crippen LogP contribution is 2.47. The van der Waals surface area contributed by atoms with Gasteiger partial charge >= 0.3 is 0 Å². The Morgan fingerprint density at radius 3 is 1.15 bits per heavy atom. The van der Waals surface area contributed by atoms with Gasteiger partial charge in [-0.2, -0.15) is 0 Å². The Balaban J connectivity index is 1.15. The minimum Gasteiger partial charge on any atom is -0.309 e. The first-order chi connectivity index (χ1) is 26.8. The number of hydrogen-bond acceptors (Lipinski definition) is 4. The van der Waals surface area contributed by atoms with E-state index in [0.29, 0.717) is 0 Å². The van der Waals surface area contributed by atoms with E-state index >= 15 is 0 Å². The summed E-state index contributed by atoms with van der Waals surface area (Å²) in [6.07, 6.45) is 0. The molecule has 0 aliphatic carbocycles. The Hall–Kier alpha value is -6.60. The second kappa shape index (κ2) is 12.5. The Labute approximate surface area is 319 Å². The predicted octanol–water partition coefficient (Wildman–Crippen LogP) is 13.5. The van der Waals surface area contributed by atoms with Crippen LogP contribution in [0.5, 0.6) is 0 Å². The van der Waals surface area contributed by atoms with Crippen molar-refractivity contribution in [2.24, 2.45) is 0 Å². The Bertz CT molecular complexity index is 2870. The SMILES string of the molecule is c1ccc(-c2c(-c3nc4ccccc4s3)c3ccccc3n2-c2ccc(-n3c(-c4ccccc4)c(-c4nc5ccccc5s4)c4ccccc43)cc2)cc1. The van der Waals surface area contributed by atoms with Gasteiger partial charge in [-0.1, -0.05) is 121 Å². The van der Waals surface area contributed by atoms with Crippen LogP contribution in [0.1, 0.15) is 0 Å². The summed E-state index contributed by atoms with van der Waals surface area (Å²) in [5, 5.41) is 4.41. The molecule has 0 atom stereocenters.